The van der Waals surface area contributed by atoms with Crippen molar-refractivity contribution in [3.8, 4) is 5.75 Å². The summed E-state index contributed by atoms with van der Waals surface area (Å²) in [7, 11) is 0. The van der Waals surface area contributed by atoms with E-state index in [4.69, 9.17) is 27.9 Å². The summed E-state index contributed by atoms with van der Waals surface area (Å²) in [5, 5.41) is 3.78. The molecule has 0 spiro atoms. The Hall–Kier alpha value is -2.31. The van der Waals surface area contributed by atoms with Gasteiger partial charge in [-0.15, -0.1) is 0 Å². The van der Waals surface area contributed by atoms with Gasteiger partial charge in [0.15, 0.2) is 6.61 Å². The summed E-state index contributed by atoms with van der Waals surface area (Å²) < 4.78 is 18.6. The van der Waals surface area contributed by atoms with Crippen LogP contribution < -0.4 is 10.1 Å². The van der Waals surface area contributed by atoms with E-state index in [9.17, 15) is 14.0 Å². The number of halogens is 3. The zero-order valence-corrected chi connectivity index (χ0v) is 19.2. The van der Waals surface area contributed by atoms with Gasteiger partial charge >= 0.3 is 0 Å². The first-order valence-corrected chi connectivity index (χ1v) is 11.0. The van der Waals surface area contributed by atoms with Crippen LogP contribution >= 0.6 is 23.2 Å². The van der Waals surface area contributed by atoms with Crippen molar-refractivity contribution < 1.29 is 18.7 Å². The molecule has 0 aliphatic rings. The highest BCUT2D eigenvalue weighted by atomic mass is 35.5. The number of rotatable bonds is 11. The van der Waals surface area contributed by atoms with E-state index in [0.717, 1.165) is 12.8 Å². The quantitative estimate of drug-likeness (QED) is 0.459. The summed E-state index contributed by atoms with van der Waals surface area (Å²) in [5.74, 6) is -0.642. The van der Waals surface area contributed by atoms with Gasteiger partial charge < -0.3 is 15.0 Å². The van der Waals surface area contributed by atoms with Crippen molar-refractivity contribution in [3.05, 3.63) is 63.9 Å². The summed E-state index contributed by atoms with van der Waals surface area (Å²) in [5.41, 5.74) is 0.668. The van der Waals surface area contributed by atoms with Gasteiger partial charge in [0.05, 0.1) is 0 Å². The third kappa shape index (κ3) is 7.71. The molecule has 0 heterocycles. The minimum atomic E-state index is -0.687. The molecule has 0 fully saturated rings. The van der Waals surface area contributed by atoms with Crippen LogP contribution in [0.5, 0.6) is 5.75 Å². The highest BCUT2D eigenvalue weighted by Crippen LogP contribution is 2.24. The fourth-order valence-electron chi connectivity index (χ4n) is 3.02. The van der Waals surface area contributed by atoms with Gasteiger partial charge in [-0.05, 0) is 54.8 Å². The molecule has 1 atom stereocenters. The number of carbonyl (C=O) groups is 2. The summed E-state index contributed by atoms with van der Waals surface area (Å²) in [6.45, 7) is 4.25. The molecule has 2 aromatic carbocycles. The van der Waals surface area contributed by atoms with E-state index in [2.05, 4.69) is 5.32 Å². The molecular formula is C23H27Cl2FN2O3. The SMILES string of the molecule is CCCCNC(=O)[C@H](CC)N(Cc1ccc(Cl)cc1Cl)C(=O)COc1ccc(F)cc1. The number of hydrogen-bond donors (Lipinski definition) is 1. The molecule has 0 radical (unpaired) electrons. The average Bonchev–Trinajstić information content (AvgIpc) is 2.74. The third-order valence-electron chi connectivity index (χ3n) is 4.75. The molecule has 2 amide bonds. The molecule has 0 bridgehead atoms. The maximum Gasteiger partial charge on any atom is 0.261 e. The smallest absolute Gasteiger partial charge is 0.261 e. The highest BCUT2D eigenvalue weighted by molar-refractivity contribution is 6.35. The van der Waals surface area contributed by atoms with Gasteiger partial charge in [-0.25, -0.2) is 4.39 Å². The second-order valence-corrected chi connectivity index (χ2v) is 7.91. The Labute approximate surface area is 192 Å². The van der Waals surface area contributed by atoms with Gasteiger partial charge in [0.25, 0.3) is 5.91 Å². The largest absolute Gasteiger partial charge is 0.484 e. The molecule has 168 valence electrons. The minimum Gasteiger partial charge on any atom is -0.484 e. The average molecular weight is 469 g/mol. The lowest BCUT2D eigenvalue weighted by molar-refractivity contribution is -0.143. The fraction of sp³-hybridized carbons (Fsp3) is 0.391. The molecule has 5 nitrogen and oxygen atoms in total. The maximum absolute atomic E-state index is 13.1. The topological polar surface area (TPSA) is 58.6 Å². The van der Waals surface area contributed by atoms with Gasteiger partial charge in [-0.2, -0.15) is 0 Å². The van der Waals surface area contributed by atoms with E-state index < -0.39 is 11.9 Å². The van der Waals surface area contributed by atoms with E-state index in [1.54, 1.807) is 18.2 Å². The predicted octanol–water partition coefficient (Wildman–Crippen LogP) is 5.24. The fourth-order valence-corrected chi connectivity index (χ4v) is 3.49. The summed E-state index contributed by atoms with van der Waals surface area (Å²) >= 11 is 12.3. The Morgan fingerprint density at radius 1 is 1.13 bits per heavy atom. The van der Waals surface area contributed by atoms with Gasteiger partial charge in [0, 0.05) is 23.1 Å². The molecule has 0 unspecified atom stereocenters. The molecule has 0 saturated heterocycles. The van der Waals surface area contributed by atoms with Gasteiger partial charge in [-0.1, -0.05) is 49.5 Å². The number of unbranched alkanes of at least 4 members (excludes halogenated alkanes) is 1. The first-order valence-electron chi connectivity index (χ1n) is 10.2. The summed E-state index contributed by atoms with van der Waals surface area (Å²) in [4.78, 5) is 27.3. The molecular weight excluding hydrogens is 442 g/mol. The van der Waals surface area contributed by atoms with Crippen LogP contribution in [-0.4, -0.2) is 35.9 Å². The number of nitrogens with zero attached hydrogens (tertiary/aromatic N) is 1. The molecule has 0 aromatic heterocycles. The molecule has 2 aromatic rings. The molecule has 1 N–H and O–H groups in total. The van der Waals surface area contributed by atoms with Crippen molar-refractivity contribution in [2.24, 2.45) is 0 Å². The first kappa shape index (κ1) is 25.0. The van der Waals surface area contributed by atoms with Crippen molar-refractivity contribution in [2.45, 2.75) is 45.7 Å². The third-order valence-corrected chi connectivity index (χ3v) is 5.33. The van der Waals surface area contributed by atoms with E-state index in [1.165, 1.54) is 29.2 Å². The molecule has 0 aliphatic heterocycles. The Morgan fingerprint density at radius 2 is 1.84 bits per heavy atom. The van der Waals surface area contributed by atoms with Crippen LogP contribution in [0, 0.1) is 5.82 Å². The van der Waals surface area contributed by atoms with Crippen LogP contribution in [0.25, 0.3) is 0 Å². The number of amides is 2. The Kier molecular flexibility index (Phi) is 10.1. The molecule has 31 heavy (non-hydrogen) atoms. The monoisotopic (exact) mass is 468 g/mol. The zero-order valence-electron chi connectivity index (χ0n) is 17.7. The lowest BCUT2D eigenvalue weighted by Gasteiger charge is -2.31. The van der Waals surface area contributed by atoms with Crippen LogP contribution in [-0.2, 0) is 16.1 Å². The maximum atomic E-state index is 13.1. The number of nitrogens with one attached hydrogen (secondary N) is 1. The lowest BCUT2D eigenvalue weighted by atomic mass is 10.1. The number of benzene rings is 2. The van der Waals surface area contributed by atoms with E-state index in [1.807, 2.05) is 13.8 Å². The van der Waals surface area contributed by atoms with Crippen molar-refractivity contribution in [1.82, 2.24) is 10.2 Å². The van der Waals surface area contributed by atoms with Crippen LogP contribution in [0.4, 0.5) is 4.39 Å². The molecule has 2 rings (SSSR count). The molecule has 0 aliphatic carbocycles. The number of hydrogen-bond acceptors (Lipinski definition) is 3. The molecule has 8 heteroatoms. The van der Waals surface area contributed by atoms with Crippen molar-refractivity contribution >= 4 is 35.0 Å². The normalized spacial score (nSPS) is 11.6. The van der Waals surface area contributed by atoms with Crippen molar-refractivity contribution in [3.63, 3.8) is 0 Å². The number of carbonyl (C=O) groups excluding carboxylic acids is 2. The van der Waals surface area contributed by atoms with Crippen molar-refractivity contribution in [2.75, 3.05) is 13.2 Å². The van der Waals surface area contributed by atoms with Gasteiger partial charge in [0.2, 0.25) is 5.91 Å². The Balaban J connectivity index is 2.20. The van der Waals surface area contributed by atoms with Crippen LogP contribution in [0.1, 0.15) is 38.7 Å². The van der Waals surface area contributed by atoms with Crippen LogP contribution in [0.15, 0.2) is 42.5 Å². The lowest BCUT2D eigenvalue weighted by Crippen LogP contribution is -2.50. The van der Waals surface area contributed by atoms with Crippen LogP contribution in [0.3, 0.4) is 0 Å². The minimum absolute atomic E-state index is 0.126. The van der Waals surface area contributed by atoms with E-state index in [0.29, 0.717) is 34.3 Å². The van der Waals surface area contributed by atoms with E-state index in [-0.39, 0.29) is 25.0 Å². The second-order valence-electron chi connectivity index (χ2n) is 7.07. The predicted molar refractivity (Wildman–Crippen MR) is 121 cm³/mol. The Bertz CT molecular complexity index is 878. The van der Waals surface area contributed by atoms with Gasteiger partial charge in [0.1, 0.15) is 17.6 Å². The van der Waals surface area contributed by atoms with Gasteiger partial charge in [-0.3, -0.25) is 9.59 Å². The summed E-state index contributed by atoms with van der Waals surface area (Å²) in [6, 6.07) is 9.71. The molecule has 0 saturated carbocycles. The second kappa shape index (κ2) is 12.5. The first-order chi connectivity index (χ1) is 14.8. The van der Waals surface area contributed by atoms with E-state index >= 15 is 0 Å². The summed E-state index contributed by atoms with van der Waals surface area (Å²) in [6.07, 6.45) is 2.23. The zero-order chi connectivity index (χ0) is 22.8. The standard InChI is InChI=1S/C23H27Cl2FN2O3/c1-3-5-12-27-23(30)21(4-2)28(14-16-6-7-17(24)13-20(16)25)22(29)15-31-19-10-8-18(26)9-11-19/h6-11,13,21H,3-5,12,14-15H2,1-2H3,(H,27,30)/t21-/m0/s1. The van der Waals surface area contributed by atoms with Crippen LogP contribution in [0.2, 0.25) is 10.0 Å². The van der Waals surface area contributed by atoms with Crippen molar-refractivity contribution in [1.29, 1.82) is 0 Å². The number of ether oxygens (including phenoxy) is 1. The Morgan fingerprint density at radius 3 is 2.45 bits per heavy atom. The highest BCUT2D eigenvalue weighted by Gasteiger charge is 2.29.